The average molecular weight is 294 g/mol. The van der Waals surface area contributed by atoms with E-state index in [1.54, 1.807) is 25.1 Å². The fourth-order valence-corrected chi connectivity index (χ4v) is 1.98. The summed E-state index contributed by atoms with van der Waals surface area (Å²) >= 11 is 6.06. The van der Waals surface area contributed by atoms with Gasteiger partial charge in [0.2, 0.25) is 5.91 Å². The van der Waals surface area contributed by atoms with E-state index in [0.717, 1.165) is 5.56 Å². The molecule has 2 rings (SSSR count). The minimum absolute atomic E-state index is 0.227. The molecule has 1 amide bonds. The predicted octanol–water partition coefficient (Wildman–Crippen LogP) is 3.47. The molecule has 0 atom stereocenters. The Morgan fingerprint density at radius 3 is 2.65 bits per heavy atom. The van der Waals surface area contributed by atoms with E-state index in [0.29, 0.717) is 21.9 Å². The van der Waals surface area contributed by atoms with Crippen molar-refractivity contribution in [2.75, 3.05) is 0 Å². The number of hydrogen-bond acceptors (Lipinski definition) is 2. The summed E-state index contributed by atoms with van der Waals surface area (Å²) in [6.45, 7) is 1.99. The Morgan fingerprint density at radius 2 is 2.05 bits per heavy atom. The Balaban J connectivity index is 2.13. The smallest absolute Gasteiger partial charge is 0.248 e. The third-order valence-corrected chi connectivity index (χ3v) is 3.21. The van der Waals surface area contributed by atoms with Crippen molar-refractivity contribution in [3.8, 4) is 5.75 Å². The Morgan fingerprint density at radius 1 is 1.30 bits per heavy atom. The highest BCUT2D eigenvalue weighted by atomic mass is 35.5. The lowest BCUT2D eigenvalue weighted by Gasteiger charge is -2.10. The van der Waals surface area contributed by atoms with Gasteiger partial charge in [-0.1, -0.05) is 17.7 Å². The number of halogens is 2. The summed E-state index contributed by atoms with van der Waals surface area (Å²) in [7, 11) is 0. The normalized spacial score (nSPS) is 10.3. The molecule has 2 N–H and O–H groups in total. The van der Waals surface area contributed by atoms with Gasteiger partial charge in [-0.25, -0.2) is 4.39 Å². The first-order valence-corrected chi connectivity index (χ1v) is 6.32. The number of nitrogens with two attached hydrogens (primary N) is 1. The highest BCUT2D eigenvalue weighted by Crippen LogP contribution is 2.23. The maximum atomic E-state index is 13.0. The van der Waals surface area contributed by atoms with Gasteiger partial charge in [0.15, 0.2) is 0 Å². The zero-order chi connectivity index (χ0) is 14.7. The van der Waals surface area contributed by atoms with E-state index in [9.17, 15) is 9.18 Å². The van der Waals surface area contributed by atoms with Crippen LogP contribution in [0.3, 0.4) is 0 Å². The summed E-state index contributed by atoms with van der Waals surface area (Å²) in [6.07, 6.45) is 0. The van der Waals surface area contributed by atoms with Gasteiger partial charge < -0.3 is 10.5 Å². The molecular weight excluding hydrogens is 281 g/mol. The number of carbonyl (C=O) groups excluding carboxylic acids is 1. The molecule has 2 aromatic carbocycles. The van der Waals surface area contributed by atoms with E-state index in [-0.39, 0.29) is 12.4 Å². The number of aryl methyl sites for hydroxylation is 1. The van der Waals surface area contributed by atoms with Crippen molar-refractivity contribution in [1.82, 2.24) is 0 Å². The minimum Gasteiger partial charge on any atom is -0.489 e. The lowest BCUT2D eigenvalue weighted by atomic mass is 10.1. The third-order valence-electron chi connectivity index (χ3n) is 2.86. The highest BCUT2D eigenvalue weighted by molar-refractivity contribution is 6.31. The van der Waals surface area contributed by atoms with Crippen molar-refractivity contribution in [2.24, 2.45) is 5.73 Å². The molecule has 104 valence electrons. The number of carbonyl (C=O) groups is 1. The van der Waals surface area contributed by atoms with Crippen molar-refractivity contribution in [3.05, 3.63) is 63.9 Å². The van der Waals surface area contributed by atoms with Crippen molar-refractivity contribution in [2.45, 2.75) is 13.5 Å². The van der Waals surface area contributed by atoms with Gasteiger partial charge in [0.1, 0.15) is 18.2 Å². The van der Waals surface area contributed by atoms with Gasteiger partial charge in [-0.15, -0.1) is 0 Å². The molecule has 5 heteroatoms. The van der Waals surface area contributed by atoms with Crippen LogP contribution in [0.25, 0.3) is 0 Å². The summed E-state index contributed by atoms with van der Waals surface area (Å²) in [6, 6.07) is 9.06. The molecule has 0 aromatic heterocycles. The number of primary amides is 1. The van der Waals surface area contributed by atoms with E-state index < -0.39 is 5.91 Å². The first kappa shape index (κ1) is 14.3. The number of rotatable bonds is 4. The van der Waals surface area contributed by atoms with E-state index in [1.165, 1.54) is 18.2 Å². The van der Waals surface area contributed by atoms with E-state index >= 15 is 0 Å². The van der Waals surface area contributed by atoms with Crippen LogP contribution in [0.5, 0.6) is 5.75 Å². The van der Waals surface area contributed by atoms with Gasteiger partial charge >= 0.3 is 0 Å². The topological polar surface area (TPSA) is 52.3 Å². The van der Waals surface area contributed by atoms with Crippen LogP contribution < -0.4 is 10.5 Å². The van der Waals surface area contributed by atoms with Crippen LogP contribution in [0, 0.1) is 12.7 Å². The highest BCUT2D eigenvalue weighted by Gasteiger charge is 2.07. The van der Waals surface area contributed by atoms with Gasteiger partial charge in [0.25, 0.3) is 0 Å². The molecule has 0 aliphatic rings. The number of amides is 1. The maximum Gasteiger partial charge on any atom is 0.248 e. The first-order chi connectivity index (χ1) is 9.47. The van der Waals surface area contributed by atoms with Crippen LogP contribution in [0.1, 0.15) is 21.5 Å². The molecule has 2 aromatic rings. The molecule has 3 nitrogen and oxygen atoms in total. The fourth-order valence-electron chi connectivity index (χ4n) is 1.75. The molecule has 0 radical (unpaired) electrons. The molecule has 0 heterocycles. The van der Waals surface area contributed by atoms with E-state index in [1.807, 2.05) is 0 Å². The van der Waals surface area contributed by atoms with Gasteiger partial charge in [-0.05, 0) is 42.8 Å². The summed E-state index contributed by atoms with van der Waals surface area (Å²) < 4.78 is 18.6. The zero-order valence-electron chi connectivity index (χ0n) is 10.8. The van der Waals surface area contributed by atoms with Gasteiger partial charge in [-0.3, -0.25) is 4.79 Å². The maximum absolute atomic E-state index is 13.0. The Kier molecular flexibility index (Phi) is 4.25. The first-order valence-electron chi connectivity index (χ1n) is 5.94. The van der Waals surface area contributed by atoms with Crippen LogP contribution >= 0.6 is 11.6 Å². The molecule has 0 bridgehead atoms. The van der Waals surface area contributed by atoms with Gasteiger partial charge in [-0.2, -0.15) is 0 Å². The quantitative estimate of drug-likeness (QED) is 0.938. The predicted molar refractivity (Wildman–Crippen MR) is 75.4 cm³/mol. The number of ether oxygens (including phenoxy) is 1. The second kappa shape index (κ2) is 5.92. The summed E-state index contributed by atoms with van der Waals surface area (Å²) in [4.78, 5) is 11.0. The van der Waals surface area contributed by atoms with Gasteiger partial charge in [0, 0.05) is 16.1 Å². The molecule has 0 aliphatic carbocycles. The molecule has 0 saturated heterocycles. The Bertz CT molecular complexity index is 658. The van der Waals surface area contributed by atoms with E-state index in [4.69, 9.17) is 22.1 Å². The second-order valence-electron chi connectivity index (χ2n) is 4.37. The lowest BCUT2D eigenvalue weighted by molar-refractivity contribution is 0.1000. The molecule has 0 saturated carbocycles. The summed E-state index contributed by atoms with van der Waals surface area (Å²) in [5.41, 5.74) is 6.94. The standard InChI is InChI=1S/C15H13ClFNO2/c1-9-6-12(17)4-5-14(9)20-8-11-3-2-10(15(18)19)7-13(11)16/h2-7H,8H2,1H3,(H2,18,19). The Hall–Kier alpha value is -2.07. The van der Waals surface area contributed by atoms with Crippen LogP contribution in [0.2, 0.25) is 5.02 Å². The lowest BCUT2D eigenvalue weighted by Crippen LogP contribution is -2.11. The zero-order valence-corrected chi connectivity index (χ0v) is 11.6. The van der Waals surface area contributed by atoms with Crippen LogP contribution in [-0.2, 0) is 6.61 Å². The van der Waals surface area contributed by atoms with Gasteiger partial charge in [0.05, 0.1) is 0 Å². The minimum atomic E-state index is -0.534. The van der Waals surface area contributed by atoms with Crippen LogP contribution in [0.15, 0.2) is 36.4 Å². The molecular formula is C15H13ClFNO2. The average Bonchev–Trinajstić information content (AvgIpc) is 2.38. The summed E-state index contributed by atoms with van der Waals surface area (Å²) in [5.74, 6) is -0.256. The molecule has 0 spiro atoms. The van der Waals surface area contributed by atoms with Crippen molar-refractivity contribution in [1.29, 1.82) is 0 Å². The van der Waals surface area contributed by atoms with Crippen molar-refractivity contribution >= 4 is 17.5 Å². The monoisotopic (exact) mass is 293 g/mol. The second-order valence-corrected chi connectivity index (χ2v) is 4.78. The van der Waals surface area contributed by atoms with Crippen molar-refractivity contribution in [3.63, 3.8) is 0 Å². The van der Waals surface area contributed by atoms with Crippen LogP contribution in [0.4, 0.5) is 4.39 Å². The number of hydrogen-bond donors (Lipinski definition) is 1. The fraction of sp³-hybridized carbons (Fsp3) is 0.133. The number of benzene rings is 2. The molecule has 0 fully saturated rings. The summed E-state index contributed by atoms with van der Waals surface area (Å²) in [5, 5.41) is 0.404. The van der Waals surface area contributed by atoms with Crippen molar-refractivity contribution < 1.29 is 13.9 Å². The largest absolute Gasteiger partial charge is 0.489 e. The molecule has 20 heavy (non-hydrogen) atoms. The SMILES string of the molecule is Cc1cc(F)ccc1OCc1ccc(C(N)=O)cc1Cl. The molecule has 0 unspecified atom stereocenters. The Labute approximate surface area is 121 Å². The van der Waals surface area contributed by atoms with Crippen LogP contribution in [-0.4, -0.2) is 5.91 Å². The van der Waals surface area contributed by atoms with E-state index in [2.05, 4.69) is 0 Å². The third kappa shape index (κ3) is 3.27. The molecule has 0 aliphatic heterocycles.